The molecule has 0 spiro atoms. The standard InChI is InChI=1S/C16H21NO5/c1-2-3-5-11(15(19)20)8-9-14(18)17-13-7-4-6-12(10-13)16(21)22/h4,6-7,10-11H,2-3,5,8-9H2,1H3,(H,17,18)(H,19,20)(H,21,22). The largest absolute Gasteiger partial charge is 0.481 e. The van der Waals surface area contributed by atoms with Gasteiger partial charge < -0.3 is 15.5 Å². The Morgan fingerprint density at radius 2 is 1.91 bits per heavy atom. The summed E-state index contributed by atoms with van der Waals surface area (Å²) in [5.41, 5.74) is 0.481. The Hall–Kier alpha value is -2.37. The maximum absolute atomic E-state index is 11.8. The number of hydrogen-bond acceptors (Lipinski definition) is 3. The van der Waals surface area contributed by atoms with Crippen LogP contribution in [0.5, 0.6) is 0 Å². The van der Waals surface area contributed by atoms with Crippen LogP contribution in [-0.2, 0) is 9.59 Å². The van der Waals surface area contributed by atoms with E-state index < -0.39 is 17.9 Å². The minimum atomic E-state index is -1.07. The number of amides is 1. The van der Waals surface area contributed by atoms with E-state index in [0.717, 1.165) is 12.8 Å². The van der Waals surface area contributed by atoms with Crippen LogP contribution >= 0.6 is 0 Å². The maximum atomic E-state index is 11.8. The van der Waals surface area contributed by atoms with Gasteiger partial charge in [-0.05, 0) is 31.0 Å². The van der Waals surface area contributed by atoms with Crippen LogP contribution in [0.25, 0.3) is 0 Å². The highest BCUT2D eigenvalue weighted by Gasteiger charge is 2.18. The van der Waals surface area contributed by atoms with Crippen LogP contribution in [0.15, 0.2) is 24.3 Å². The van der Waals surface area contributed by atoms with Crippen molar-refractivity contribution in [3.8, 4) is 0 Å². The Balaban J connectivity index is 2.53. The van der Waals surface area contributed by atoms with E-state index in [1.807, 2.05) is 6.92 Å². The van der Waals surface area contributed by atoms with E-state index >= 15 is 0 Å². The highest BCUT2D eigenvalue weighted by Crippen LogP contribution is 2.17. The molecule has 1 amide bonds. The zero-order chi connectivity index (χ0) is 16.5. The van der Waals surface area contributed by atoms with Crippen molar-refractivity contribution in [1.82, 2.24) is 0 Å². The third kappa shape index (κ3) is 5.95. The summed E-state index contributed by atoms with van der Waals surface area (Å²) < 4.78 is 0. The van der Waals surface area contributed by atoms with E-state index in [4.69, 9.17) is 10.2 Å². The molecule has 0 saturated heterocycles. The number of aliphatic carboxylic acids is 1. The van der Waals surface area contributed by atoms with Crippen molar-refractivity contribution in [3.63, 3.8) is 0 Å². The number of rotatable bonds is 9. The first-order chi connectivity index (χ1) is 10.4. The summed E-state index contributed by atoms with van der Waals surface area (Å²) in [6, 6.07) is 5.94. The van der Waals surface area contributed by atoms with Gasteiger partial charge in [0.15, 0.2) is 0 Å². The molecule has 1 rings (SSSR count). The van der Waals surface area contributed by atoms with Crippen LogP contribution in [0.2, 0.25) is 0 Å². The van der Waals surface area contributed by atoms with E-state index in [1.165, 1.54) is 12.1 Å². The fourth-order valence-corrected chi connectivity index (χ4v) is 2.10. The van der Waals surface area contributed by atoms with Gasteiger partial charge in [-0.15, -0.1) is 0 Å². The molecule has 6 nitrogen and oxygen atoms in total. The molecule has 0 aliphatic heterocycles. The average Bonchev–Trinajstić information content (AvgIpc) is 2.47. The van der Waals surface area contributed by atoms with Crippen molar-refractivity contribution in [3.05, 3.63) is 29.8 Å². The number of nitrogens with one attached hydrogen (secondary N) is 1. The second-order valence-corrected chi connectivity index (χ2v) is 5.15. The molecule has 0 heterocycles. The van der Waals surface area contributed by atoms with Crippen molar-refractivity contribution in [1.29, 1.82) is 0 Å². The molecular formula is C16H21NO5. The molecule has 0 aromatic heterocycles. The number of carboxylic acid groups (broad SMARTS) is 2. The summed E-state index contributed by atoms with van der Waals surface area (Å²) in [5, 5.41) is 20.6. The first-order valence-corrected chi connectivity index (χ1v) is 7.30. The van der Waals surface area contributed by atoms with Gasteiger partial charge in [0, 0.05) is 12.1 Å². The third-order valence-electron chi connectivity index (χ3n) is 3.37. The molecular weight excluding hydrogens is 286 g/mol. The minimum Gasteiger partial charge on any atom is -0.481 e. The molecule has 120 valence electrons. The van der Waals surface area contributed by atoms with Gasteiger partial charge >= 0.3 is 11.9 Å². The fraction of sp³-hybridized carbons (Fsp3) is 0.438. The summed E-state index contributed by atoms with van der Waals surface area (Å²) >= 11 is 0. The van der Waals surface area contributed by atoms with Gasteiger partial charge in [0.05, 0.1) is 11.5 Å². The molecule has 6 heteroatoms. The third-order valence-corrected chi connectivity index (χ3v) is 3.37. The monoisotopic (exact) mass is 307 g/mol. The SMILES string of the molecule is CCCCC(CCC(=O)Nc1cccc(C(=O)O)c1)C(=O)O. The quantitative estimate of drug-likeness (QED) is 0.650. The van der Waals surface area contributed by atoms with Gasteiger partial charge in [0.2, 0.25) is 5.91 Å². The summed E-state index contributed by atoms with van der Waals surface area (Å²) in [6.07, 6.45) is 2.67. The van der Waals surface area contributed by atoms with Crippen LogP contribution in [0, 0.1) is 5.92 Å². The highest BCUT2D eigenvalue weighted by molar-refractivity contribution is 5.94. The zero-order valence-electron chi connectivity index (χ0n) is 12.5. The molecule has 1 aromatic rings. The summed E-state index contributed by atoms with van der Waals surface area (Å²) in [4.78, 5) is 33.8. The molecule has 22 heavy (non-hydrogen) atoms. The van der Waals surface area contributed by atoms with E-state index in [9.17, 15) is 14.4 Å². The molecule has 1 unspecified atom stereocenters. The molecule has 0 aliphatic carbocycles. The van der Waals surface area contributed by atoms with Gasteiger partial charge in [-0.1, -0.05) is 25.8 Å². The predicted octanol–water partition coefficient (Wildman–Crippen LogP) is 2.99. The number of carbonyl (C=O) groups is 3. The van der Waals surface area contributed by atoms with Gasteiger partial charge in [-0.25, -0.2) is 4.79 Å². The summed E-state index contributed by atoms with van der Waals surface area (Å²) in [7, 11) is 0. The van der Waals surface area contributed by atoms with Crippen LogP contribution in [-0.4, -0.2) is 28.1 Å². The van der Waals surface area contributed by atoms with Crippen LogP contribution < -0.4 is 5.32 Å². The summed E-state index contributed by atoms with van der Waals surface area (Å²) in [6.45, 7) is 1.99. The number of hydrogen-bond donors (Lipinski definition) is 3. The van der Waals surface area contributed by atoms with Gasteiger partial charge in [-0.2, -0.15) is 0 Å². The highest BCUT2D eigenvalue weighted by atomic mass is 16.4. The smallest absolute Gasteiger partial charge is 0.335 e. The van der Waals surface area contributed by atoms with Crippen molar-refractivity contribution in [2.24, 2.45) is 5.92 Å². The topological polar surface area (TPSA) is 104 Å². The Morgan fingerprint density at radius 1 is 1.18 bits per heavy atom. The molecule has 1 aromatic carbocycles. The number of benzene rings is 1. The first kappa shape index (κ1) is 17.7. The van der Waals surface area contributed by atoms with Crippen molar-refractivity contribution in [2.45, 2.75) is 39.0 Å². The second-order valence-electron chi connectivity index (χ2n) is 5.15. The van der Waals surface area contributed by atoms with Crippen molar-refractivity contribution in [2.75, 3.05) is 5.32 Å². The maximum Gasteiger partial charge on any atom is 0.335 e. The number of carbonyl (C=O) groups excluding carboxylic acids is 1. The van der Waals surface area contributed by atoms with E-state index in [2.05, 4.69) is 5.32 Å². The van der Waals surface area contributed by atoms with Crippen LogP contribution in [0.4, 0.5) is 5.69 Å². The minimum absolute atomic E-state index is 0.0872. The Bertz CT molecular complexity index is 541. The molecule has 1 atom stereocenters. The van der Waals surface area contributed by atoms with Gasteiger partial charge in [0.1, 0.15) is 0 Å². The lowest BCUT2D eigenvalue weighted by Crippen LogP contribution is -2.18. The lowest BCUT2D eigenvalue weighted by Gasteiger charge is -2.11. The van der Waals surface area contributed by atoms with Gasteiger partial charge in [0.25, 0.3) is 0 Å². The normalized spacial score (nSPS) is 11.7. The van der Waals surface area contributed by atoms with Crippen LogP contribution in [0.1, 0.15) is 49.4 Å². The number of unbranched alkanes of at least 4 members (excludes halogenated alkanes) is 1. The van der Waals surface area contributed by atoms with Crippen molar-refractivity contribution >= 4 is 23.5 Å². The second kappa shape index (κ2) is 8.81. The van der Waals surface area contributed by atoms with E-state index in [0.29, 0.717) is 12.1 Å². The Kier molecular flexibility index (Phi) is 7.08. The van der Waals surface area contributed by atoms with Crippen LogP contribution in [0.3, 0.4) is 0 Å². The number of carboxylic acids is 2. The number of anilines is 1. The fourth-order valence-electron chi connectivity index (χ4n) is 2.10. The molecule has 0 bridgehead atoms. The summed E-state index contributed by atoms with van der Waals surface area (Å²) in [5.74, 6) is -2.78. The zero-order valence-corrected chi connectivity index (χ0v) is 12.5. The lowest BCUT2D eigenvalue weighted by atomic mass is 9.97. The average molecular weight is 307 g/mol. The number of aromatic carboxylic acids is 1. The van der Waals surface area contributed by atoms with Crippen molar-refractivity contribution < 1.29 is 24.6 Å². The molecule has 0 saturated carbocycles. The molecule has 0 fully saturated rings. The van der Waals surface area contributed by atoms with E-state index in [1.54, 1.807) is 12.1 Å². The molecule has 0 radical (unpaired) electrons. The Morgan fingerprint density at radius 3 is 2.50 bits per heavy atom. The Labute approximate surface area is 129 Å². The molecule has 0 aliphatic rings. The lowest BCUT2D eigenvalue weighted by molar-refractivity contribution is -0.142. The van der Waals surface area contributed by atoms with Gasteiger partial charge in [-0.3, -0.25) is 9.59 Å². The molecule has 3 N–H and O–H groups in total. The predicted molar refractivity (Wildman–Crippen MR) is 81.9 cm³/mol. The van der Waals surface area contributed by atoms with E-state index in [-0.39, 0.29) is 24.3 Å². The first-order valence-electron chi connectivity index (χ1n) is 7.30.